The summed E-state index contributed by atoms with van der Waals surface area (Å²) in [5.74, 6) is 0. The maximum Gasteiger partial charge on any atom is 0.234 e. The quantitative estimate of drug-likeness (QED) is 0.682. The summed E-state index contributed by atoms with van der Waals surface area (Å²) in [6.07, 6.45) is 3.51. The molecule has 21 heavy (non-hydrogen) atoms. The zero-order valence-corrected chi connectivity index (χ0v) is 14.4. The van der Waals surface area contributed by atoms with Gasteiger partial charge in [0.05, 0.1) is 19.7 Å². The molecule has 0 spiro atoms. The lowest BCUT2D eigenvalue weighted by Gasteiger charge is -2.21. The highest BCUT2D eigenvalue weighted by Crippen LogP contribution is 2.17. The first kappa shape index (κ1) is 18.0. The normalized spacial score (nSPS) is 14.7. The van der Waals surface area contributed by atoms with Gasteiger partial charge < -0.3 is 17.1 Å². The molecule has 3 nitrogen and oxygen atoms in total. The minimum absolute atomic E-state index is 0. The molecule has 2 rings (SSSR count). The Morgan fingerprint density at radius 2 is 1.86 bits per heavy atom. The molecule has 0 aromatic heterocycles. The molecule has 1 aromatic rings. The summed E-state index contributed by atoms with van der Waals surface area (Å²) in [7, 11) is 1.76. The van der Waals surface area contributed by atoms with E-state index in [1.807, 2.05) is 0 Å². The van der Waals surface area contributed by atoms with Gasteiger partial charge in [-0.2, -0.15) is 0 Å². The molecule has 0 unspecified atom stereocenters. The minimum atomic E-state index is 0. The lowest BCUT2D eigenvalue weighted by molar-refractivity contribution is -0.549. The van der Waals surface area contributed by atoms with E-state index >= 15 is 0 Å². The van der Waals surface area contributed by atoms with Gasteiger partial charge in [0.25, 0.3) is 0 Å². The number of hydrogen-bond donors (Lipinski definition) is 0. The van der Waals surface area contributed by atoms with Crippen molar-refractivity contribution in [3.8, 4) is 0 Å². The molecule has 0 bridgehead atoms. The van der Waals surface area contributed by atoms with Gasteiger partial charge >= 0.3 is 0 Å². The number of halogens is 1. The second-order valence-corrected chi connectivity index (χ2v) is 5.85. The molecule has 0 saturated heterocycles. The van der Waals surface area contributed by atoms with Gasteiger partial charge in [0, 0.05) is 13.5 Å². The Hall–Kier alpha value is -1.06. The zero-order valence-electron chi connectivity index (χ0n) is 13.7. The van der Waals surface area contributed by atoms with Crippen LogP contribution in [0.2, 0.25) is 0 Å². The molecule has 1 heterocycles. The molecule has 0 atom stereocenters. The average molecular weight is 311 g/mol. The average Bonchev–Trinajstić information content (AvgIpc) is 2.41. The monoisotopic (exact) mass is 310 g/mol. The predicted molar refractivity (Wildman–Crippen MR) is 83.6 cm³/mol. The molecular formula is C17H27ClN2O. The second kappa shape index (κ2) is 8.40. The molecule has 0 N–H and O–H groups in total. The topological polar surface area (TPSA) is 15.5 Å². The van der Waals surface area contributed by atoms with E-state index < -0.39 is 0 Å². The van der Waals surface area contributed by atoms with E-state index in [4.69, 9.17) is 4.74 Å². The summed E-state index contributed by atoms with van der Waals surface area (Å²) in [6.45, 7) is 11.7. The first-order chi connectivity index (χ1) is 9.60. The fraction of sp³-hybridized carbons (Fsp3) is 0.588. The summed E-state index contributed by atoms with van der Waals surface area (Å²) >= 11 is 0. The molecule has 4 heteroatoms. The van der Waals surface area contributed by atoms with Crippen molar-refractivity contribution in [1.82, 2.24) is 4.90 Å². The summed E-state index contributed by atoms with van der Waals surface area (Å²) in [4.78, 5) is 2.37. The van der Waals surface area contributed by atoms with Crippen LogP contribution in [0.25, 0.3) is 0 Å². The van der Waals surface area contributed by atoms with Gasteiger partial charge in [0.2, 0.25) is 6.34 Å². The van der Waals surface area contributed by atoms with Crippen LogP contribution in [0.4, 0.5) is 0 Å². The molecule has 118 valence electrons. The summed E-state index contributed by atoms with van der Waals surface area (Å²) < 4.78 is 7.60. The fourth-order valence-corrected chi connectivity index (χ4v) is 2.98. The van der Waals surface area contributed by atoms with Crippen LogP contribution in [0.1, 0.15) is 28.7 Å². The van der Waals surface area contributed by atoms with Gasteiger partial charge in [-0.1, -0.05) is 17.7 Å². The molecular weight excluding hydrogens is 284 g/mol. The molecule has 0 radical (unpaired) electrons. The van der Waals surface area contributed by atoms with E-state index in [9.17, 15) is 0 Å². The van der Waals surface area contributed by atoms with Gasteiger partial charge in [-0.25, -0.2) is 0 Å². The second-order valence-electron chi connectivity index (χ2n) is 5.85. The van der Waals surface area contributed by atoms with Crippen LogP contribution in [0.15, 0.2) is 12.1 Å². The van der Waals surface area contributed by atoms with Crippen LogP contribution < -0.4 is 12.4 Å². The minimum Gasteiger partial charge on any atom is -1.00 e. The van der Waals surface area contributed by atoms with Crippen molar-refractivity contribution in [3.63, 3.8) is 0 Å². The van der Waals surface area contributed by atoms with Crippen LogP contribution in [0, 0.1) is 20.8 Å². The molecule has 0 amide bonds. The molecule has 0 saturated carbocycles. The first-order valence-corrected chi connectivity index (χ1v) is 7.49. The van der Waals surface area contributed by atoms with Crippen LogP contribution >= 0.6 is 0 Å². The largest absolute Gasteiger partial charge is 1.00 e. The molecule has 1 aromatic carbocycles. The van der Waals surface area contributed by atoms with Gasteiger partial charge in [0.15, 0.2) is 0 Å². The summed E-state index contributed by atoms with van der Waals surface area (Å²) in [6, 6.07) is 4.57. The standard InChI is InChI=1S/C17H27N2O.ClH/c1-14-10-15(2)17(16(3)11-14)12-19-7-5-6-18(13-19)8-9-20-4;/h10-11,13H,5-9,12H2,1-4H3;1H/q+1;/p-1. The third kappa shape index (κ3) is 5.01. The smallest absolute Gasteiger partial charge is 0.234 e. The van der Waals surface area contributed by atoms with E-state index in [-0.39, 0.29) is 12.4 Å². The molecule has 1 aliphatic rings. The van der Waals surface area contributed by atoms with Gasteiger partial charge in [-0.15, -0.1) is 0 Å². The number of ether oxygens (including phenoxy) is 1. The Morgan fingerprint density at radius 1 is 1.19 bits per heavy atom. The van der Waals surface area contributed by atoms with E-state index in [2.05, 4.69) is 48.7 Å². The number of methoxy groups -OCH3 is 1. The molecule has 0 aliphatic carbocycles. The van der Waals surface area contributed by atoms with Gasteiger partial charge in [-0.3, -0.25) is 9.48 Å². The lowest BCUT2D eigenvalue weighted by atomic mass is 9.99. The third-order valence-electron chi connectivity index (χ3n) is 4.00. The highest BCUT2D eigenvalue weighted by atomic mass is 35.5. The number of aryl methyl sites for hydroxylation is 3. The number of hydrogen-bond acceptors (Lipinski definition) is 2. The predicted octanol–water partition coefficient (Wildman–Crippen LogP) is -0.491. The van der Waals surface area contributed by atoms with E-state index in [1.54, 1.807) is 7.11 Å². The van der Waals surface area contributed by atoms with Crippen molar-refractivity contribution in [2.24, 2.45) is 0 Å². The maximum atomic E-state index is 5.17. The highest BCUT2D eigenvalue weighted by Gasteiger charge is 2.17. The zero-order chi connectivity index (χ0) is 14.5. The van der Waals surface area contributed by atoms with Crippen molar-refractivity contribution in [2.45, 2.75) is 33.7 Å². The highest BCUT2D eigenvalue weighted by molar-refractivity contribution is 5.49. The van der Waals surface area contributed by atoms with Crippen molar-refractivity contribution >= 4 is 6.34 Å². The first-order valence-electron chi connectivity index (χ1n) is 7.49. The fourth-order valence-electron chi connectivity index (χ4n) is 2.98. The van der Waals surface area contributed by atoms with Crippen LogP contribution in [-0.2, 0) is 11.3 Å². The van der Waals surface area contributed by atoms with Crippen molar-refractivity contribution in [2.75, 3.05) is 33.4 Å². The molecule has 0 fully saturated rings. The van der Waals surface area contributed by atoms with Gasteiger partial charge in [-0.05, 0) is 37.5 Å². The SMILES string of the molecule is COCCN1C=[N+](Cc2c(C)cc(C)cc2C)CCC1.[Cl-]. The van der Waals surface area contributed by atoms with Crippen molar-refractivity contribution in [3.05, 3.63) is 34.4 Å². The Balaban J connectivity index is 0.00000220. The summed E-state index contributed by atoms with van der Waals surface area (Å²) in [5, 5.41) is 0. The maximum absolute atomic E-state index is 5.17. The molecule has 1 aliphatic heterocycles. The van der Waals surface area contributed by atoms with E-state index in [0.29, 0.717) is 0 Å². The van der Waals surface area contributed by atoms with Crippen LogP contribution in [0.3, 0.4) is 0 Å². The van der Waals surface area contributed by atoms with E-state index in [1.165, 1.54) is 28.7 Å². The Morgan fingerprint density at radius 3 is 2.48 bits per heavy atom. The number of rotatable bonds is 5. The number of benzene rings is 1. The van der Waals surface area contributed by atoms with Gasteiger partial charge in [0.1, 0.15) is 13.1 Å². The van der Waals surface area contributed by atoms with E-state index in [0.717, 1.165) is 32.8 Å². The Bertz CT molecular complexity index is 477. The lowest BCUT2D eigenvalue weighted by Crippen LogP contribution is -3.00. The Labute approximate surface area is 135 Å². The number of nitrogens with zero attached hydrogens (tertiary/aromatic N) is 2. The van der Waals surface area contributed by atoms with Crippen LogP contribution in [-0.4, -0.2) is 49.2 Å². The summed E-state index contributed by atoms with van der Waals surface area (Å²) in [5.41, 5.74) is 5.64. The van der Waals surface area contributed by atoms with Crippen molar-refractivity contribution < 1.29 is 21.7 Å². The van der Waals surface area contributed by atoms with Crippen molar-refractivity contribution in [1.29, 1.82) is 0 Å². The Kier molecular flexibility index (Phi) is 7.20. The van der Waals surface area contributed by atoms with Crippen LogP contribution in [0.5, 0.6) is 0 Å². The third-order valence-corrected chi connectivity index (χ3v) is 4.00.